The summed E-state index contributed by atoms with van der Waals surface area (Å²) in [6.07, 6.45) is -4.37. The van der Waals surface area contributed by atoms with Crippen LogP contribution in [0.25, 0.3) is 16.7 Å². The summed E-state index contributed by atoms with van der Waals surface area (Å²) in [5, 5.41) is 0. The van der Waals surface area contributed by atoms with Gasteiger partial charge in [-0.2, -0.15) is 13.2 Å². The highest BCUT2D eigenvalue weighted by Crippen LogP contribution is 2.32. The summed E-state index contributed by atoms with van der Waals surface area (Å²) in [4.78, 5) is 2.84. The van der Waals surface area contributed by atoms with Crippen LogP contribution in [0.5, 0.6) is 0 Å². The SMILES string of the molecule is Cc1ccccc1-n1c(=S)[nH]c2cc(C(F)(F)F)ccc21. The Bertz CT molecular complexity index is 874. The molecule has 1 N–H and O–H groups in total. The molecular formula is C15H11F3N2S. The highest BCUT2D eigenvalue weighted by atomic mass is 32.1. The third-order valence-corrected chi connectivity index (χ3v) is 3.65. The first-order chi connectivity index (χ1) is 9.88. The molecule has 108 valence electrons. The molecule has 0 unspecified atom stereocenters. The number of aromatic nitrogens is 2. The lowest BCUT2D eigenvalue weighted by Gasteiger charge is -2.09. The topological polar surface area (TPSA) is 20.7 Å². The summed E-state index contributed by atoms with van der Waals surface area (Å²) in [5.41, 5.74) is 2.16. The van der Waals surface area contributed by atoms with E-state index in [0.717, 1.165) is 23.4 Å². The minimum Gasteiger partial charge on any atom is -0.330 e. The van der Waals surface area contributed by atoms with E-state index in [0.29, 0.717) is 15.8 Å². The van der Waals surface area contributed by atoms with Crippen LogP contribution in [0.1, 0.15) is 11.1 Å². The molecule has 0 bridgehead atoms. The van der Waals surface area contributed by atoms with Crippen molar-refractivity contribution in [2.24, 2.45) is 0 Å². The number of para-hydroxylation sites is 1. The molecule has 0 amide bonds. The molecule has 1 aromatic heterocycles. The highest BCUT2D eigenvalue weighted by molar-refractivity contribution is 7.71. The van der Waals surface area contributed by atoms with Crippen molar-refractivity contribution < 1.29 is 13.2 Å². The maximum absolute atomic E-state index is 12.8. The van der Waals surface area contributed by atoms with Crippen LogP contribution in [0, 0.1) is 11.7 Å². The molecule has 0 aliphatic rings. The Balaban J connectivity index is 2.29. The van der Waals surface area contributed by atoms with Crippen LogP contribution < -0.4 is 0 Å². The van der Waals surface area contributed by atoms with Gasteiger partial charge in [0.05, 0.1) is 22.3 Å². The Morgan fingerprint density at radius 1 is 1.10 bits per heavy atom. The molecule has 0 saturated heterocycles. The Labute approximate surface area is 123 Å². The molecule has 1 heterocycles. The number of nitrogens with zero attached hydrogens (tertiary/aromatic N) is 1. The fourth-order valence-electron chi connectivity index (χ4n) is 2.34. The van der Waals surface area contributed by atoms with E-state index in [1.165, 1.54) is 6.07 Å². The van der Waals surface area contributed by atoms with Crippen molar-refractivity contribution in [3.8, 4) is 5.69 Å². The van der Waals surface area contributed by atoms with Gasteiger partial charge in [0.1, 0.15) is 0 Å². The van der Waals surface area contributed by atoms with E-state index >= 15 is 0 Å². The summed E-state index contributed by atoms with van der Waals surface area (Å²) in [5.74, 6) is 0. The molecule has 0 aliphatic carbocycles. The Kier molecular flexibility index (Phi) is 3.13. The van der Waals surface area contributed by atoms with Crippen molar-refractivity contribution in [2.45, 2.75) is 13.1 Å². The van der Waals surface area contributed by atoms with Gasteiger partial charge in [-0.25, -0.2) is 0 Å². The monoisotopic (exact) mass is 308 g/mol. The summed E-state index contributed by atoms with van der Waals surface area (Å²) in [7, 11) is 0. The average molecular weight is 308 g/mol. The Hall–Kier alpha value is -2.08. The van der Waals surface area contributed by atoms with E-state index in [1.807, 2.05) is 31.2 Å². The lowest BCUT2D eigenvalue weighted by molar-refractivity contribution is -0.137. The van der Waals surface area contributed by atoms with Gasteiger partial charge < -0.3 is 4.98 Å². The predicted octanol–water partition coefficient (Wildman–Crippen LogP) is 5.02. The second-order valence-corrected chi connectivity index (χ2v) is 5.17. The number of nitrogens with one attached hydrogen (secondary N) is 1. The molecule has 0 aliphatic heterocycles. The number of imidazole rings is 1. The van der Waals surface area contributed by atoms with Crippen LogP contribution in [-0.2, 0) is 6.18 Å². The minimum atomic E-state index is -4.37. The predicted molar refractivity (Wildman–Crippen MR) is 78.2 cm³/mol. The number of fused-ring (bicyclic) bond motifs is 1. The molecule has 6 heteroatoms. The molecule has 2 nitrogen and oxygen atoms in total. The summed E-state index contributed by atoms with van der Waals surface area (Å²) in [6, 6.07) is 11.2. The van der Waals surface area contributed by atoms with Crippen LogP contribution in [0.4, 0.5) is 13.2 Å². The standard InChI is InChI=1S/C15H11F3N2S/c1-9-4-2-3-5-12(9)20-13-7-6-10(15(16,17)18)8-11(13)19-14(20)21/h2-8H,1H3,(H,19,21). The minimum absolute atomic E-state index is 0.373. The van der Waals surface area contributed by atoms with Gasteiger partial charge in [-0.05, 0) is 49.0 Å². The average Bonchev–Trinajstić information content (AvgIpc) is 2.73. The van der Waals surface area contributed by atoms with E-state index in [2.05, 4.69) is 4.98 Å². The number of hydrogen-bond acceptors (Lipinski definition) is 1. The molecule has 0 saturated carbocycles. The number of halogens is 3. The number of hydrogen-bond donors (Lipinski definition) is 1. The van der Waals surface area contributed by atoms with Crippen molar-refractivity contribution in [1.29, 1.82) is 0 Å². The second kappa shape index (κ2) is 4.73. The molecule has 0 fully saturated rings. The van der Waals surface area contributed by atoms with Crippen LogP contribution in [0.15, 0.2) is 42.5 Å². The first kappa shape index (κ1) is 13.9. The third-order valence-electron chi connectivity index (χ3n) is 3.37. The quantitative estimate of drug-likeness (QED) is 0.626. The summed E-state index contributed by atoms with van der Waals surface area (Å²) in [6.45, 7) is 1.93. The molecule has 0 radical (unpaired) electrons. The Morgan fingerprint density at radius 3 is 2.48 bits per heavy atom. The number of rotatable bonds is 1. The number of aromatic amines is 1. The molecule has 21 heavy (non-hydrogen) atoms. The van der Waals surface area contributed by atoms with Crippen molar-refractivity contribution in [1.82, 2.24) is 9.55 Å². The van der Waals surface area contributed by atoms with Crippen molar-refractivity contribution in [3.05, 3.63) is 58.4 Å². The molecule has 3 rings (SSSR count). The molecule has 3 aromatic rings. The van der Waals surface area contributed by atoms with Crippen molar-refractivity contribution in [2.75, 3.05) is 0 Å². The maximum Gasteiger partial charge on any atom is 0.416 e. The van der Waals surface area contributed by atoms with Gasteiger partial charge in [-0.1, -0.05) is 18.2 Å². The smallest absolute Gasteiger partial charge is 0.330 e. The van der Waals surface area contributed by atoms with Gasteiger partial charge in [0, 0.05) is 0 Å². The maximum atomic E-state index is 12.8. The van der Waals surface area contributed by atoms with E-state index < -0.39 is 11.7 Å². The lowest BCUT2D eigenvalue weighted by Crippen LogP contribution is -2.04. The van der Waals surface area contributed by atoms with E-state index in [1.54, 1.807) is 4.57 Å². The number of aryl methyl sites for hydroxylation is 1. The fourth-order valence-corrected chi connectivity index (χ4v) is 2.65. The van der Waals surface area contributed by atoms with Crippen LogP contribution in [-0.4, -0.2) is 9.55 Å². The first-order valence-corrected chi connectivity index (χ1v) is 6.67. The zero-order valence-electron chi connectivity index (χ0n) is 11.0. The summed E-state index contributed by atoms with van der Waals surface area (Å²) >= 11 is 5.26. The van der Waals surface area contributed by atoms with Crippen molar-refractivity contribution >= 4 is 23.3 Å². The zero-order chi connectivity index (χ0) is 15.2. The van der Waals surface area contributed by atoms with Gasteiger partial charge in [-0.15, -0.1) is 0 Å². The molecule has 0 atom stereocenters. The van der Waals surface area contributed by atoms with Gasteiger partial charge >= 0.3 is 6.18 Å². The van der Waals surface area contributed by atoms with E-state index in [4.69, 9.17) is 12.2 Å². The van der Waals surface area contributed by atoms with E-state index in [9.17, 15) is 13.2 Å². The fraction of sp³-hybridized carbons (Fsp3) is 0.133. The van der Waals surface area contributed by atoms with Gasteiger partial charge in [-0.3, -0.25) is 4.57 Å². The second-order valence-electron chi connectivity index (χ2n) is 4.78. The lowest BCUT2D eigenvalue weighted by atomic mass is 10.1. The van der Waals surface area contributed by atoms with Gasteiger partial charge in [0.2, 0.25) is 0 Å². The van der Waals surface area contributed by atoms with E-state index in [-0.39, 0.29) is 0 Å². The number of benzene rings is 2. The molecule has 2 aromatic carbocycles. The molecule has 0 spiro atoms. The zero-order valence-corrected chi connectivity index (χ0v) is 11.8. The van der Waals surface area contributed by atoms with Crippen molar-refractivity contribution in [3.63, 3.8) is 0 Å². The van der Waals surface area contributed by atoms with Gasteiger partial charge in [0.25, 0.3) is 0 Å². The van der Waals surface area contributed by atoms with Crippen LogP contribution >= 0.6 is 12.2 Å². The normalized spacial score (nSPS) is 12.0. The summed E-state index contributed by atoms with van der Waals surface area (Å²) < 4.78 is 40.4. The van der Waals surface area contributed by atoms with Crippen LogP contribution in [0.3, 0.4) is 0 Å². The first-order valence-electron chi connectivity index (χ1n) is 6.26. The van der Waals surface area contributed by atoms with Crippen LogP contribution in [0.2, 0.25) is 0 Å². The number of H-pyrrole nitrogens is 1. The number of alkyl halides is 3. The third kappa shape index (κ3) is 2.35. The largest absolute Gasteiger partial charge is 0.416 e. The van der Waals surface area contributed by atoms with Gasteiger partial charge in [0.15, 0.2) is 4.77 Å². The molecular weight excluding hydrogens is 297 g/mol. The Morgan fingerprint density at radius 2 is 1.81 bits per heavy atom. The highest BCUT2D eigenvalue weighted by Gasteiger charge is 2.30.